The van der Waals surface area contributed by atoms with Crippen molar-refractivity contribution < 1.29 is 4.74 Å². The van der Waals surface area contributed by atoms with Crippen LogP contribution in [0.15, 0.2) is 200 Å². The third-order valence-corrected chi connectivity index (χ3v) is 12.2. The van der Waals surface area contributed by atoms with Crippen LogP contribution in [-0.4, -0.2) is 13.7 Å². The van der Waals surface area contributed by atoms with Crippen LogP contribution in [0, 0.1) is 0 Å². The van der Waals surface area contributed by atoms with Crippen molar-refractivity contribution >= 4 is 65.4 Å². The van der Waals surface area contributed by atoms with Crippen LogP contribution in [0.4, 0.5) is 0 Å². The molecule has 3 aromatic heterocycles. The van der Waals surface area contributed by atoms with Gasteiger partial charge in [-0.25, -0.2) is 0 Å². The summed E-state index contributed by atoms with van der Waals surface area (Å²) in [6.07, 6.45) is 0. The minimum atomic E-state index is 0.879. The van der Waals surface area contributed by atoms with E-state index >= 15 is 0 Å². The molecular weight excluding hydrogens is 707 g/mol. The standard InChI is InChI=1S/C54H33N3O/c1-4-20-46-40(16-1)41-17-2-5-21-47(41)56(46)39-27-29-49-45(33-39)42-18-3-6-22-48(42)55(49)38-15-10-14-36(31-38)34-12-9-13-35(30-34)37-26-28-50-44(32-37)43-19-11-25-53-54(43)57(50)51-23-7-8-24-52(51)58-53/h1-33H. The van der Waals surface area contributed by atoms with Gasteiger partial charge >= 0.3 is 0 Å². The van der Waals surface area contributed by atoms with E-state index in [1.165, 1.54) is 82.2 Å². The predicted molar refractivity (Wildman–Crippen MR) is 240 cm³/mol. The van der Waals surface area contributed by atoms with E-state index in [0.717, 1.165) is 34.1 Å². The number of hydrogen-bond acceptors (Lipinski definition) is 1. The van der Waals surface area contributed by atoms with Gasteiger partial charge in [-0.1, -0.05) is 115 Å². The molecule has 4 nitrogen and oxygen atoms in total. The highest BCUT2D eigenvalue weighted by molar-refractivity contribution is 6.14. The molecule has 9 aromatic carbocycles. The molecule has 12 aromatic rings. The Morgan fingerprint density at radius 3 is 1.50 bits per heavy atom. The van der Waals surface area contributed by atoms with Crippen molar-refractivity contribution in [2.75, 3.05) is 0 Å². The zero-order valence-electron chi connectivity index (χ0n) is 31.3. The maximum atomic E-state index is 6.37. The maximum absolute atomic E-state index is 6.37. The van der Waals surface area contributed by atoms with Crippen LogP contribution < -0.4 is 4.74 Å². The lowest BCUT2D eigenvalue weighted by molar-refractivity contribution is 0.476. The van der Waals surface area contributed by atoms with Crippen LogP contribution in [0.5, 0.6) is 11.5 Å². The first-order valence-corrected chi connectivity index (χ1v) is 19.8. The molecule has 0 saturated carbocycles. The highest BCUT2D eigenvalue weighted by Crippen LogP contribution is 2.46. The van der Waals surface area contributed by atoms with E-state index in [0.29, 0.717) is 0 Å². The molecule has 0 radical (unpaired) electrons. The van der Waals surface area contributed by atoms with Crippen molar-refractivity contribution in [2.24, 2.45) is 0 Å². The van der Waals surface area contributed by atoms with Crippen LogP contribution in [0.2, 0.25) is 0 Å². The van der Waals surface area contributed by atoms with Crippen LogP contribution in [0.1, 0.15) is 0 Å². The van der Waals surface area contributed by atoms with Crippen molar-refractivity contribution in [2.45, 2.75) is 0 Å². The summed E-state index contributed by atoms with van der Waals surface area (Å²) in [5.74, 6) is 1.77. The molecule has 0 amide bonds. The monoisotopic (exact) mass is 739 g/mol. The molecule has 270 valence electrons. The molecule has 13 rings (SSSR count). The molecule has 4 heteroatoms. The van der Waals surface area contributed by atoms with Gasteiger partial charge in [0.25, 0.3) is 0 Å². The summed E-state index contributed by atoms with van der Waals surface area (Å²) in [7, 11) is 0. The Bertz CT molecular complexity index is 3620. The summed E-state index contributed by atoms with van der Waals surface area (Å²) in [6.45, 7) is 0. The smallest absolute Gasteiger partial charge is 0.152 e. The minimum absolute atomic E-state index is 0.879. The molecule has 0 N–H and O–H groups in total. The van der Waals surface area contributed by atoms with Gasteiger partial charge in [0, 0.05) is 43.7 Å². The predicted octanol–water partition coefficient (Wildman–Crippen LogP) is 14.4. The third-order valence-electron chi connectivity index (χ3n) is 12.2. The Morgan fingerprint density at radius 2 is 0.759 bits per heavy atom. The lowest BCUT2D eigenvalue weighted by Gasteiger charge is -2.20. The van der Waals surface area contributed by atoms with Crippen molar-refractivity contribution in [1.82, 2.24) is 13.7 Å². The fourth-order valence-corrected chi connectivity index (χ4v) is 9.68. The van der Waals surface area contributed by atoms with Gasteiger partial charge in [-0.3, -0.25) is 0 Å². The fraction of sp³-hybridized carbons (Fsp3) is 0. The SMILES string of the molecule is c1cc(-c2cccc(-n3c4ccccc4c4cc(-n5c6ccccc6c6ccccc65)ccc43)c2)cc(-c2ccc3c(c2)c2cccc4c2n3-c2ccccc2O4)c1. The number of para-hydroxylation sites is 6. The quantitative estimate of drug-likeness (QED) is 0.176. The summed E-state index contributed by atoms with van der Waals surface area (Å²) in [5.41, 5.74) is 15.2. The van der Waals surface area contributed by atoms with Crippen molar-refractivity contribution in [3.05, 3.63) is 200 Å². The summed E-state index contributed by atoms with van der Waals surface area (Å²) in [6, 6.07) is 72.6. The number of aromatic nitrogens is 3. The highest BCUT2D eigenvalue weighted by atomic mass is 16.5. The number of benzene rings is 9. The van der Waals surface area contributed by atoms with Crippen LogP contribution in [0.25, 0.3) is 105 Å². The Kier molecular flexibility index (Phi) is 6.41. The zero-order valence-corrected chi connectivity index (χ0v) is 31.3. The second-order valence-electron chi connectivity index (χ2n) is 15.3. The molecule has 0 atom stereocenters. The summed E-state index contributed by atoms with van der Waals surface area (Å²) >= 11 is 0. The first-order chi connectivity index (χ1) is 28.8. The Balaban J connectivity index is 0.926. The lowest BCUT2D eigenvalue weighted by atomic mass is 9.97. The molecule has 0 unspecified atom stereocenters. The van der Waals surface area contributed by atoms with Crippen molar-refractivity contribution in [3.63, 3.8) is 0 Å². The van der Waals surface area contributed by atoms with Crippen LogP contribution in [-0.2, 0) is 0 Å². The molecule has 1 aliphatic heterocycles. The first-order valence-electron chi connectivity index (χ1n) is 19.8. The van der Waals surface area contributed by atoms with Gasteiger partial charge in [-0.05, 0) is 107 Å². The summed E-state index contributed by atoms with van der Waals surface area (Å²) in [5, 5.41) is 7.42. The summed E-state index contributed by atoms with van der Waals surface area (Å²) in [4.78, 5) is 0. The summed E-state index contributed by atoms with van der Waals surface area (Å²) < 4.78 is 13.5. The molecular formula is C54H33N3O. The molecule has 0 bridgehead atoms. The normalized spacial score (nSPS) is 12.3. The number of rotatable bonds is 4. The van der Waals surface area contributed by atoms with Crippen LogP contribution >= 0.6 is 0 Å². The number of fused-ring (bicyclic) bond motifs is 11. The highest BCUT2D eigenvalue weighted by Gasteiger charge is 2.24. The van der Waals surface area contributed by atoms with Gasteiger partial charge in [-0.15, -0.1) is 0 Å². The molecule has 0 saturated heterocycles. The Morgan fingerprint density at radius 1 is 0.276 bits per heavy atom. The second kappa shape index (κ2) is 11.8. The van der Waals surface area contributed by atoms with Crippen molar-refractivity contribution in [1.29, 1.82) is 0 Å². The number of hydrogen-bond donors (Lipinski definition) is 0. The van der Waals surface area contributed by atoms with E-state index in [1.54, 1.807) is 0 Å². The maximum Gasteiger partial charge on any atom is 0.152 e. The van der Waals surface area contributed by atoms with Gasteiger partial charge in [0.1, 0.15) is 0 Å². The number of ether oxygens (including phenoxy) is 1. The Hall–Kier alpha value is -7.82. The zero-order chi connectivity index (χ0) is 37.9. The average Bonchev–Trinajstić information content (AvgIpc) is 3.93. The van der Waals surface area contributed by atoms with E-state index in [4.69, 9.17) is 4.74 Å². The van der Waals surface area contributed by atoms with E-state index in [-0.39, 0.29) is 0 Å². The topological polar surface area (TPSA) is 24.0 Å². The van der Waals surface area contributed by atoms with Gasteiger partial charge in [0.15, 0.2) is 11.5 Å². The molecule has 58 heavy (non-hydrogen) atoms. The van der Waals surface area contributed by atoms with Gasteiger partial charge in [-0.2, -0.15) is 0 Å². The van der Waals surface area contributed by atoms with E-state index in [2.05, 4.69) is 202 Å². The second-order valence-corrected chi connectivity index (χ2v) is 15.3. The molecule has 1 aliphatic rings. The van der Waals surface area contributed by atoms with Crippen LogP contribution in [0.3, 0.4) is 0 Å². The molecule has 0 fully saturated rings. The average molecular weight is 740 g/mol. The fourth-order valence-electron chi connectivity index (χ4n) is 9.68. The first kappa shape index (κ1) is 31.4. The van der Waals surface area contributed by atoms with E-state index in [9.17, 15) is 0 Å². The number of nitrogens with zero attached hydrogens (tertiary/aromatic N) is 3. The molecule has 4 heterocycles. The third kappa shape index (κ3) is 4.40. The lowest BCUT2D eigenvalue weighted by Crippen LogP contribution is -2.03. The van der Waals surface area contributed by atoms with Gasteiger partial charge < -0.3 is 18.4 Å². The minimum Gasteiger partial charge on any atom is -0.453 e. The van der Waals surface area contributed by atoms with Gasteiger partial charge in [0.2, 0.25) is 0 Å². The van der Waals surface area contributed by atoms with E-state index < -0.39 is 0 Å². The van der Waals surface area contributed by atoms with E-state index in [1.807, 2.05) is 12.1 Å². The molecule has 0 aliphatic carbocycles. The Labute approximate surface area is 333 Å². The largest absolute Gasteiger partial charge is 0.453 e. The van der Waals surface area contributed by atoms with Crippen molar-refractivity contribution in [3.8, 4) is 50.8 Å². The van der Waals surface area contributed by atoms with Gasteiger partial charge in [0.05, 0.1) is 38.8 Å². The molecule has 0 spiro atoms.